The van der Waals surface area contributed by atoms with E-state index in [-0.39, 0.29) is 6.10 Å². The summed E-state index contributed by atoms with van der Waals surface area (Å²) in [6.07, 6.45) is 1.25. The molecule has 4 heteroatoms. The minimum Gasteiger partial charge on any atom is -0.392 e. The smallest absolute Gasteiger partial charge is 0.0900 e. The van der Waals surface area contributed by atoms with Crippen molar-refractivity contribution < 1.29 is 14.9 Å². The van der Waals surface area contributed by atoms with Crippen LogP contribution >= 0.6 is 0 Å². The Morgan fingerprint density at radius 2 is 2.36 bits per heavy atom. The topological polar surface area (TPSA) is 52.9 Å². The van der Waals surface area contributed by atoms with E-state index in [1.54, 1.807) is 0 Å². The molecule has 0 radical (unpaired) electrons. The second-order valence-corrected chi connectivity index (χ2v) is 3.87. The van der Waals surface area contributed by atoms with E-state index in [0.717, 1.165) is 19.4 Å². The van der Waals surface area contributed by atoms with Crippen molar-refractivity contribution >= 4 is 0 Å². The van der Waals surface area contributed by atoms with Crippen LogP contribution in [0.3, 0.4) is 0 Å². The van der Waals surface area contributed by atoms with Gasteiger partial charge in [-0.25, -0.2) is 0 Å². The quantitative estimate of drug-likeness (QED) is 0.652. The number of hydrogen-bond donors (Lipinski definition) is 2. The molecule has 84 valence electrons. The van der Waals surface area contributed by atoms with Gasteiger partial charge in [0.2, 0.25) is 0 Å². The number of nitrogens with zero attached hydrogens (tertiary/aromatic N) is 1. The van der Waals surface area contributed by atoms with Gasteiger partial charge in [0, 0.05) is 19.7 Å². The van der Waals surface area contributed by atoms with Gasteiger partial charge in [0.25, 0.3) is 0 Å². The number of aliphatic hydroxyl groups is 2. The van der Waals surface area contributed by atoms with Gasteiger partial charge in [-0.2, -0.15) is 0 Å². The minimum absolute atomic E-state index is 0.219. The average molecular weight is 203 g/mol. The van der Waals surface area contributed by atoms with Gasteiger partial charge >= 0.3 is 0 Å². The first-order valence-corrected chi connectivity index (χ1v) is 5.38. The molecule has 0 saturated carbocycles. The number of ether oxygens (including phenoxy) is 1. The molecule has 0 aromatic carbocycles. The maximum atomic E-state index is 9.57. The molecule has 1 unspecified atom stereocenters. The van der Waals surface area contributed by atoms with Gasteiger partial charge in [-0.15, -0.1) is 0 Å². The van der Waals surface area contributed by atoms with Crippen LogP contribution in [0.2, 0.25) is 0 Å². The zero-order chi connectivity index (χ0) is 10.4. The number of rotatable bonds is 5. The standard InChI is InChI=1S/C10H21NO3/c1-2-14-8-10(13)7-11-5-3-4-9(12)6-11/h9-10,12-13H,2-8H2,1H3/t9-,10?/m0/s1. The zero-order valence-corrected chi connectivity index (χ0v) is 8.85. The summed E-state index contributed by atoms with van der Waals surface area (Å²) in [6, 6.07) is 0. The molecule has 1 saturated heterocycles. The normalized spacial score (nSPS) is 26.4. The van der Waals surface area contributed by atoms with E-state index in [4.69, 9.17) is 4.74 Å². The van der Waals surface area contributed by atoms with E-state index in [1.807, 2.05) is 6.92 Å². The summed E-state index contributed by atoms with van der Waals surface area (Å²) in [7, 11) is 0. The lowest BCUT2D eigenvalue weighted by atomic mass is 10.1. The van der Waals surface area contributed by atoms with Crippen LogP contribution in [0, 0.1) is 0 Å². The third kappa shape index (κ3) is 4.37. The fraction of sp³-hybridized carbons (Fsp3) is 1.00. The highest BCUT2D eigenvalue weighted by molar-refractivity contribution is 4.73. The predicted octanol–water partition coefficient (Wildman–Crippen LogP) is -0.160. The first-order valence-electron chi connectivity index (χ1n) is 5.38. The molecule has 2 atom stereocenters. The Kier molecular flexibility index (Phi) is 5.40. The average Bonchev–Trinajstić information content (AvgIpc) is 2.15. The van der Waals surface area contributed by atoms with Crippen LogP contribution in [0.15, 0.2) is 0 Å². The van der Waals surface area contributed by atoms with E-state index in [2.05, 4.69) is 4.90 Å². The molecule has 1 aliphatic heterocycles. The van der Waals surface area contributed by atoms with E-state index in [1.165, 1.54) is 0 Å². The van der Waals surface area contributed by atoms with E-state index in [0.29, 0.717) is 26.3 Å². The molecular weight excluding hydrogens is 182 g/mol. The molecule has 2 N–H and O–H groups in total. The van der Waals surface area contributed by atoms with Crippen LogP contribution in [0.5, 0.6) is 0 Å². The van der Waals surface area contributed by atoms with Gasteiger partial charge in [-0.3, -0.25) is 4.90 Å². The summed E-state index contributed by atoms with van der Waals surface area (Å²) in [5, 5.41) is 19.0. The van der Waals surface area contributed by atoms with E-state index < -0.39 is 6.10 Å². The maximum absolute atomic E-state index is 9.57. The largest absolute Gasteiger partial charge is 0.392 e. The Labute approximate surface area is 85.5 Å². The van der Waals surface area contributed by atoms with Crippen LogP contribution in [0.1, 0.15) is 19.8 Å². The molecular formula is C10H21NO3. The zero-order valence-electron chi connectivity index (χ0n) is 8.85. The van der Waals surface area contributed by atoms with Crippen LogP contribution in [0.4, 0.5) is 0 Å². The summed E-state index contributed by atoms with van der Waals surface area (Å²) in [5.41, 5.74) is 0. The summed E-state index contributed by atoms with van der Waals surface area (Å²) >= 11 is 0. The van der Waals surface area contributed by atoms with Crippen LogP contribution in [-0.2, 0) is 4.74 Å². The molecule has 0 spiro atoms. The molecule has 0 aliphatic carbocycles. The molecule has 1 aliphatic rings. The van der Waals surface area contributed by atoms with Crippen molar-refractivity contribution in [2.75, 3.05) is 32.8 Å². The predicted molar refractivity (Wildman–Crippen MR) is 54.2 cm³/mol. The second-order valence-electron chi connectivity index (χ2n) is 3.87. The molecule has 0 amide bonds. The summed E-state index contributed by atoms with van der Waals surface area (Å²) < 4.78 is 5.12. The van der Waals surface area contributed by atoms with Crippen LogP contribution < -0.4 is 0 Å². The van der Waals surface area contributed by atoms with Crippen molar-refractivity contribution in [2.45, 2.75) is 32.0 Å². The molecule has 0 aromatic heterocycles. The third-order valence-corrected chi connectivity index (χ3v) is 2.46. The lowest BCUT2D eigenvalue weighted by Crippen LogP contribution is -2.43. The summed E-state index contributed by atoms with van der Waals surface area (Å²) in [4.78, 5) is 2.10. The molecule has 1 rings (SSSR count). The van der Waals surface area contributed by atoms with Gasteiger partial charge in [0.05, 0.1) is 18.8 Å². The van der Waals surface area contributed by atoms with E-state index in [9.17, 15) is 10.2 Å². The van der Waals surface area contributed by atoms with Crippen molar-refractivity contribution in [2.24, 2.45) is 0 Å². The molecule has 0 aromatic rings. The fourth-order valence-electron chi connectivity index (χ4n) is 1.80. The van der Waals surface area contributed by atoms with Crippen molar-refractivity contribution in [1.29, 1.82) is 0 Å². The van der Waals surface area contributed by atoms with Gasteiger partial charge < -0.3 is 14.9 Å². The number of likely N-dealkylation sites (tertiary alicyclic amines) is 1. The van der Waals surface area contributed by atoms with Crippen molar-refractivity contribution in [3.8, 4) is 0 Å². The third-order valence-electron chi connectivity index (χ3n) is 2.46. The Morgan fingerprint density at radius 1 is 1.57 bits per heavy atom. The maximum Gasteiger partial charge on any atom is 0.0900 e. The summed E-state index contributed by atoms with van der Waals surface area (Å²) in [5.74, 6) is 0. The van der Waals surface area contributed by atoms with Crippen molar-refractivity contribution in [1.82, 2.24) is 4.90 Å². The fourth-order valence-corrected chi connectivity index (χ4v) is 1.80. The first-order chi connectivity index (χ1) is 6.72. The number of aliphatic hydroxyl groups excluding tert-OH is 2. The SMILES string of the molecule is CCOCC(O)CN1CCC[C@H](O)C1. The minimum atomic E-state index is -0.430. The van der Waals surface area contributed by atoms with Gasteiger partial charge in [0.1, 0.15) is 0 Å². The van der Waals surface area contributed by atoms with Crippen molar-refractivity contribution in [3.05, 3.63) is 0 Å². The highest BCUT2D eigenvalue weighted by Gasteiger charge is 2.19. The molecule has 14 heavy (non-hydrogen) atoms. The van der Waals surface area contributed by atoms with E-state index >= 15 is 0 Å². The second kappa shape index (κ2) is 6.35. The van der Waals surface area contributed by atoms with Crippen LogP contribution in [0.25, 0.3) is 0 Å². The van der Waals surface area contributed by atoms with Gasteiger partial charge in [-0.1, -0.05) is 0 Å². The Balaban J connectivity index is 2.15. The lowest BCUT2D eigenvalue weighted by molar-refractivity contribution is 0.0000173. The summed E-state index contributed by atoms with van der Waals surface area (Å²) in [6.45, 7) is 5.21. The van der Waals surface area contributed by atoms with Crippen LogP contribution in [-0.4, -0.2) is 60.2 Å². The number of hydrogen-bond acceptors (Lipinski definition) is 4. The first kappa shape index (κ1) is 11.9. The number of β-amino-alcohol motifs (C(OH)–C–C–N with tert-alkyl or cyclic N) is 2. The lowest BCUT2D eigenvalue weighted by Gasteiger charge is -2.31. The Bertz CT molecular complexity index is 154. The molecule has 0 bridgehead atoms. The Hall–Kier alpha value is -0.160. The van der Waals surface area contributed by atoms with Gasteiger partial charge in [-0.05, 0) is 26.3 Å². The van der Waals surface area contributed by atoms with Crippen molar-refractivity contribution in [3.63, 3.8) is 0 Å². The monoisotopic (exact) mass is 203 g/mol. The number of piperidine rings is 1. The highest BCUT2D eigenvalue weighted by Crippen LogP contribution is 2.09. The highest BCUT2D eigenvalue weighted by atomic mass is 16.5. The van der Waals surface area contributed by atoms with Gasteiger partial charge in [0.15, 0.2) is 0 Å². The molecule has 4 nitrogen and oxygen atoms in total. The Morgan fingerprint density at radius 3 is 3.00 bits per heavy atom. The molecule has 1 fully saturated rings. The molecule has 1 heterocycles.